The summed E-state index contributed by atoms with van der Waals surface area (Å²) in [4.78, 5) is 8.66. The van der Waals surface area contributed by atoms with Gasteiger partial charge in [0.15, 0.2) is 0 Å². The molecule has 1 aromatic carbocycles. The normalized spacial score (nSPS) is 10.1. The van der Waals surface area contributed by atoms with Gasteiger partial charge in [0.25, 0.3) is 0 Å². The summed E-state index contributed by atoms with van der Waals surface area (Å²) in [5.41, 5.74) is 3.91. The van der Waals surface area contributed by atoms with Gasteiger partial charge in [-0.15, -0.1) is 0 Å². The highest BCUT2D eigenvalue weighted by Gasteiger charge is 2.08. The second kappa shape index (κ2) is 8.19. The third-order valence-corrected chi connectivity index (χ3v) is 3.98. The smallest absolute Gasteiger partial charge is 0.219 e. The first-order chi connectivity index (χ1) is 13.1. The fourth-order valence-corrected chi connectivity index (χ4v) is 2.67. The van der Waals surface area contributed by atoms with Crippen molar-refractivity contribution < 1.29 is 9.47 Å². The van der Waals surface area contributed by atoms with E-state index in [9.17, 15) is 5.26 Å². The molecule has 0 saturated carbocycles. The molecule has 2 aromatic heterocycles. The van der Waals surface area contributed by atoms with Gasteiger partial charge in [-0.25, -0.2) is 4.98 Å². The minimum atomic E-state index is 0.500. The minimum absolute atomic E-state index is 0.500. The van der Waals surface area contributed by atoms with Crippen LogP contribution in [0.2, 0.25) is 0 Å². The molecule has 2 heterocycles. The standard InChI is InChI=1S/C21H20N4O2/c1-14-9-20(19(11-22)15(2)25-14)23-12-16-7-8-21(24-13-16)27-18-6-4-5-17(10-18)26-3/h4-10,13H,12H2,1-3H3,(H,23,25). The fourth-order valence-electron chi connectivity index (χ4n) is 2.67. The van der Waals surface area contributed by atoms with Crippen LogP contribution in [0.1, 0.15) is 22.5 Å². The summed E-state index contributed by atoms with van der Waals surface area (Å²) >= 11 is 0. The molecule has 0 aliphatic heterocycles. The summed E-state index contributed by atoms with van der Waals surface area (Å²) < 4.78 is 10.9. The number of aryl methyl sites for hydroxylation is 2. The molecule has 3 aromatic rings. The number of benzene rings is 1. The molecule has 0 spiro atoms. The van der Waals surface area contributed by atoms with Crippen molar-refractivity contribution in [2.75, 3.05) is 12.4 Å². The van der Waals surface area contributed by atoms with Gasteiger partial charge in [0.1, 0.15) is 17.6 Å². The van der Waals surface area contributed by atoms with Crippen molar-refractivity contribution in [3.8, 4) is 23.4 Å². The van der Waals surface area contributed by atoms with Gasteiger partial charge in [-0.05, 0) is 37.6 Å². The van der Waals surface area contributed by atoms with Crippen LogP contribution in [0.5, 0.6) is 17.4 Å². The van der Waals surface area contributed by atoms with Gasteiger partial charge >= 0.3 is 0 Å². The predicted molar refractivity (Wildman–Crippen MR) is 103 cm³/mol. The molecule has 136 valence electrons. The Morgan fingerprint density at radius 3 is 2.63 bits per heavy atom. The number of hydrogen-bond acceptors (Lipinski definition) is 6. The van der Waals surface area contributed by atoms with Crippen molar-refractivity contribution >= 4 is 5.69 Å². The first kappa shape index (κ1) is 18.2. The van der Waals surface area contributed by atoms with E-state index in [1.165, 1.54) is 0 Å². The summed E-state index contributed by atoms with van der Waals surface area (Å²) in [5.74, 6) is 1.89. The number of nitrogens with one attached hydrogen (secondary N) is 1. The van der Waals surface area contributed by atoms with Crippen LogP contribution in [0.15, 0.2) is 48.7 Å². The van der Waals surface area contributed by atoms with Crippen molar-refractivity contribution in [1.82, 2.24) is 9.97 Å². The van der Waals surface area contributed by atoms with Gasteiger partial charge in [0.2, 0.25) is 5.88 Å². The van der Waals surface area contributed by atoms with Crippen molar-refractivity contribution in [1.29, 1.82) is 5.26 Å². The fraction of sp³-hybridized carbons (Fsp3) is 0.190. The van der Waals surface area contributed by atoms with Crippen molar-refractivity contribution in [3.63, 3.8) is 0 Å². The molecule has 0 fully saturated rings. The lowest BCUT2D eigenvalue weighted by Crippen LogP contribution is -2.04. The molecule has 1 N–H and O–H groups in total. The van der Waals surface area contributed by atoms with Gasteiger partial charge in [-0.1, -0.05) is 12.1 Å². The number of nitrogens with zero attached hydrogens (tertiary/aromatic N) is 3. The summed E-state index contributed by atoms with van der Waals surface area (Å²) in [6, 6.07) is 15.2. The largest absolute Gasteiger partial charge is 0.497 e. The van der Waals surface area contributed by atoms with Gasteiger partial charge in [-0.2, -0.15) is 5.26 Å². The lowest BCUT2D eigenvalue weighted by atomic mass is 10.1. The zero-order valence-corrected chi connectivity index (χ0v) is 15.5. The Labute approximate surface area is 158 Å². The Balaban J connectivity index is 1.67. The van der Waals surface area contributed by atoms with Crippen LogP contribution in [0.25, 0.3) is 0 Å². The van der Waals surface area contributed by atoms with Crippen LogP contribution in [0, 0.1) is 25.2 Å². The highest BCUT2D eigenvalue weighted by molar-refractivity contribution is 5.60. The summed E-state index contributed by atoms with van der Waals surface area (Å²) in [5, 5.41) is 12.6. The zero-order valence-electron chi connectivity index (χ0n) is 15.5. The molecule has 0 bridgehead atoms. The summed E-state index contributed by atoms with van der Waals surface area (Å²) in [6.45, 7) is 4.29. The Hall–Kier alpha value is -3.59. The average Bonchev–Trinajstić information content (AvgIpc) is 2.67. The van der Waals surface area contributed by atoms with Gasteiger partial charge in [0.05, 0.1) is 24.1 Å². The Morgan fingerprint density at radius 1 is 1.11 bits per heavy atom. The molecule has 3 rings (SSSR count). The van der Waals surface area contributed by atoms with Gasteiger partial charge in [-0.3, -0.25) is 4.98 Å². The quantitative estimate of drug-likeness (QED) is 0.703. The number of aromatic nitrogens is 2. The number of hydrogen-bond donors (Lipinski definition) is 1. The number of ether oxygens (including phenoxy) is 2. The number of methoxy groups -OCH3 is 1. The molecule has 27 heavy (non-hydrogen) atoms. The summed E-state index contributed by atoms with van der Waals surface area (Å²) in [7, 11) is 1.61. The van der Waals surface area contributed by atoms with Crippen LogP contribution < -0.4 is 14.8 Å². The Bertz CT molecular complexity index is 978. The van der Waals surface area contributed by atoms with Crippen LogP contribution in [-0.2, 0) is 6.54 Å². The minimum Gasteiger partial charge on any atom is -0.497 e. The first-order valence-electron chi connectivity index (χ1n) is 8.48. The van der Waals surface area contributed by atoms with Crippen molar-refractivity contribution in [3.05, 3.63) is 71.2 Å². The molecule has 0 aliphatic rings. The Morgan fingerprint density at radius 2 is 1.93 bits per heavy atom. The Kier molecular flexibility index (Phi) is 5.53. The molecular formula is C21H20N4O2. The second-order valence-corrected chi connectivity index (χ2v) is 6.02. The van der Waals surface area contributed by atoms with E-state index in [0.29, 0.717) is 23.7 Å². The van der Waals surface area contributed by atoms with Gasteiger partial charge in [0, 0.05) is 30.6 Å². The highest BCUT2D eigenvalue weighted by Crippen LogP contribution is 2.24. The highest BCUT2D eigenvalue weighted by atomic mass is 16.5. The molecule has 0 radical (unpaired) electrons. The molecule has 0 saturated heterocycles. The topological polar surface area (TPSA) is 80.1 Å². The maximum absolute atomic E-state index is 9.33. The maximum atomic E-state index is 9.33. The maximum Gasteiger partial charge on any atom is 0.219 e. The third-order valence-electron chi connectivity index (χ3n) is 3.98. The number of pyridine rings is 2. The van der Waals surface area contributed by atoms with Crippen LogP contribution in [-0.4, -0.2) is 17.1 Å². The van der Waals surface area contributed by atoms with Crippen LogP contribution in [0.3, 0.4) is 0 Å². The molecule has 6 nitrogen and oxygen atoms in total. The van der Waals surface area contributed by atoms with E-state index < -0.39 is 0 Å². The van der Waals surface area contributed by atoms with E-state index in [2.05, 4.69) is 21.4 Å². The molecule has 0 aliphatic carbocycles. The van der Waals surface area contributed by atoms with Crippen molar-refractivity contribution in [2.45, 2.75) is 20.4 Å². The van der Waals surface area contributed by atoms with E-state index in [4.69, 9.17) is 9.47 Å². The molecule has 0 atom stereocenters. The van der Waals surface area contributed by atoms with E-state index in [1.807, 2.05) is 50.2 Å². The van der Waals surface area contributed by atoms with Crippen LogP contribution in [0.4, 0.5) is 5.69 Å². The second-order valence-electron chi connectivity index (χ2n) is 6.02. The molecule has 0 amide bonds. The zero-order chi connectivity index (χ0) is 19.2. The molecule has 0 unspecified atom stereocenters. The van der Waals surface area contributed by atoms with Crippen molar-refractivity contribution in [2.24, 2.45) is 0 Å². The van der Waals surface area contributed by atoms with Crippen LogP contribution >= 0.6 is 0 Å². The predicted octanol–water partition coefficient (Wildman–Crippen LogP) is 4.38. The number of anilines is 1. The lowest BCUT2D eigenvalue weighted by molar-refractivity contribution is 0.407. The average molecular weight is 360 g/mol. The van der Waals surface area contributed by atoms with E-state index >= 15 is 0 Å². The van der Waals surface area contributed by atoms with E-state index in [-0.39, 0.29) is 0 Å². The summed E-state index contributed by atoms with van der Waals surface area (Å²) in [6.07, 6.45) is 1.75. The van der Waals surface area contributed by atoms with E-state index in [0.717, 1.165) is 28.4 Å². The van der Waals surface area contributed by atoms with E-state index in [1.54, 1.807) is 19.4 Å². The first-order valence-corrected chi connectivity index (χ1v) is 8.48. The van der Waals surface area contributed by atoms with Gasteiger partial charge < -0.3 is 14.8 Å². The molecular weight excluding hydrogens is 340 g/mol. The third kappa shape index (κ3) is 4.53. The number of nitriles is 1. The SMILES string of the molecule is COc1cccc(Oc2ccc(CNc3cc(C)nc(C)c3C#N)cn2)c1. The molecule has 6 heteroatoms. The lowest BCUT2D eigenvalue weighted by Gasteiger charge is -2.11. The monoisotopic (exact) mass is 360 g/mol. The number of rotatable bonds is 6.